The van der Waals surface area contributed by atoms with Crippen LogP contribution >= 0.6 is 0 Å². The third-order valence-electron chi connectivity index (χ3n) is 10.2. The summed E-state index contributed by atoms with van der Waals surface area (Å²) in [5.41, 5.74) is 21.9. The van der Waals surface area contributed by atoms with Crippen LogP contribution < -0.4 is 27.8 Å². The van der Waals surface area contributed by atoms with Gasteiger partial charge in [0, 0.05) is 45.8 Å². The average Bonchev–Trinajstić information content (AvgIpc) is 3.23. The highest BCUT2D eigenvalue weighted by Crippen LogP contribution is 2.22. The van der Waals surface area contributed by atoms with E-state index in [1.54, 1.807) is 11.8 Å². The van der Waals surface area contributed by atoms with Crippen molar-refractivity contribution >= 4 is 29.4 Å². The lowest BCUT2D eigenvalue weighted by Gasteiger charge is -2.32. The second kappa shape index (κ2) is 26.5. The average molecular weight is 856 g/mol. The summed E-state index contributed by atoms with van der Waals surface area (Å²) in [6, 6.07) is 16.4. The maximum Gasteiger partial charge on any atom is 0.280 e. The minimum atomic E-state index is -1.56. The van der Waals surface area contributed by atoms with Crippen molar-refractivity contribution in [2.75, 3.05) is 57.4 Å². The third kappa shape index (κ3) is 17.6. The van der Waals surface area contributed by atoms with Crippen molar-refractivity contribution in [1.82, 2.24) is 25.5 Å². The fourth-order valence-corrected chi connectivity index (χ4v) is 6.45. The topological polar surface area (TPSA) is 339 Å². The first-order valence-corrected chi connectivity index (χ1v) is 20.6. The minimum absolute atomic E-state index is 0.0348. The molecule has 6 atom stereocenters. The van der Waals surface area contributed by atoms with E-state index >= 15 is 0 Å². The van der Waals surface area contributed by atoms with E-state index in [1.807, 2.05) is 24.3 Å². The smallest absolute Gasteiger partial charge is 0.280 e. The van der Waals surface area contributed by atoms with Crippen LogP contribution in [0.2, 0.25) is 0 Å². The van der Waals surface area contributed by atoms with Gasteiger partial charge < -0.3 is 63.4 Å². The summed E-state index contributed by atoms with van der Waals surface area (Å²) in [6.45, 7) is 1.59. The molecule has 16 N–H and O–H groups in total. The zero-order chi connectivity index (χ0) is 44.9. The van der Waals surface area contributed by atoms with Crippen molar-refractivity contribution in [3.63, 3.8) is 0 Å². The number of aromatic nitrogens is 2. The van der Waals surface area contributed by atoms with E-state index in [0.717, 1.165) is 36.0 Å². The molecule has 2 amide bonds. The van der Waals surface area contributed by atoms with Gasteiger partial charge in [0.25, 0.3) is 5.91 Å². The van der Waals surface area contributed by atoms with Gasteiger partial charge in [0.05, 0.1) is 30.1 Å². The lowest BCUT2D eigenvalue weighted by molar-refractivity contribution is -0.121. The van der Waals surface area contributed by atoms with Crippen molar-refractivity contribution < 1.29 is 50.4 Å². The number of rotatable bonds is 27. The molecule has 2 aromatic carbocycles. The number of carbonyl (C=O) groups excluding carboxylic acids is 2. The van der Waals surface area contributed by atoms with Gasteiger partial charge in [-0.05, 0) is 87.1 Å². The number of nitrogen functional groups attached to an aromatic ring is 2. The van der Waals surface area contributed by atoms with E-state index in [9.17, 15) is 40.2 Å². The number of amides is 2. The van der Waals surface area contributed by atoms with E-state index in [0.29, 0.717) is 51.0 Å². The van der Waals surface area contributed by atoms with Gasteiger partial charge in [0.15, 0.2) is 17.5 Å². The van der Waals surface area contributed by atoms with Gasteiger partial charge in [-0.2, -0.15) is 0 Å². The molecule has 1 heterocycles. The van der Waals surface area contributed by atoms with Crippen LogP contribution in [0.4, 0.5) is 11.6 Å². The van der Waals surface area contributed by atoms with Crippen LogP contribution in [0.5, 0.6) is 0 Å². The molecule has 61 heavy (non-hydrogen) atoms. The van der Waals surface area contributed by atoms with Gasteiger partial charge in [0.1, 0.15) is 18.0 Å². The minimum Gasteiger partial charge on any atom is -0.396 e. The summed E-state index contributed by atoms with van der Waals surface area (Å²) in [5.74, 6) is -0.701. The first-order chi connectivity index (χ1) is 29.1. The summed E-state index contributed by atoms with van der Waals surface area (Å²) in [6.07, 6.45) is -4.61. The van der Waals surface area contributed by atoms with Crippen LogP contribution in [-0.2, 0) is 17.6 Å². The van der Waals surface area contributed by atoms with Crippen LogP contribution in [0, 0.1) is 6.92 Å². The number of nitrogens with two attached hydrogens (primary N) is 3. The number of benzene rings is 2. The predicted molar refractivity (Wildman–Crippen MR) is 231 cm³/mol. The normalized spacial score (nSPS) is 14.9. The Kier molecular flexibility index (Phi) is 21.9. The summed E-state index contributed by atoms with van der Waals surface area (Å²) in [7, 11) is 0. The number of unbranched alkanes of at least 4 members (excludes halogenated alkanes) is 2. The van der Waals surface area contributed by atoms with E-state index in [4.69, 9.17) is 27.4 Å². The number of guanidine groups is 1. The van der Waals surface area contributed by atoms with Gasteiger partial charge in [-0.15, -0.1) is 0 Å². The number of hydrogen-bond acceptors (Lipinski definition) is 16. The molecule has 338 valence electrons. The Morgan fingerprint density at radius 1 is 0.721 bits per heavy atom. The Hall–Kier alpha value is -4.83. The monoisotopic (exact) mass is 855 g/mol. The van der Waals surface area contributed by atoms with Gasteiger partial charge in [0.2, 0.25) is 5.91 Å². The lowest BCUT2D eigenvalue weighted by Crippen LogP contribution is -2.50. The Balaban J connectivity index is 1.37. The number of nitrogens with one attached hydrogen (secondary N) is 2. The highest BCUT2D eigenvalue weighted by molar-refractivity contribution is 6.06. The van der Waals surface area contributed by atoms with E-state index < -0.39 is 42.5 Å². The summed E-state index contributed by atoms with van der Waals surface area (Å²) < 4.78 is 0. The molecule has 19 heteroatoms. The van der Waals surface area contributed by atoms with E-state index in [1.165, 1.54) is 5.56 Å². The molecular formula is C42H65N9O10. The van der Waals surface area contributed by atoms with Gasteiger partial charge in [-0.25, -0.2) is 9.97 Å². The zero-order valence-corrected chi connectivity index (χ0v) is 34.8. The predicted octanol–water partition coefficient (Wildman–Crippen LogP) is -1.25. The van der Waals surface area contributed by atoms with Crippen molar-refractivity contribution in [2.24, 2.45) is 10.7 Å². The quantitative estimate of drug-likeness (QED) is 0.0242. The fourth-order valence-electron chi connectivity index (χ4n) is 6.45. The number of nitrogens with zero attached hydrogens (tertiary/aromatic N) is 4. The van der Waals surface area contributed by atoms with Crippen LogP contribution in [0.1, 0.15) is 72.3 Å². The Bertz CT molecular complexity index is 1780. The number of hydrogen-bond donors (Lipinski definition) is 13. The number of carbonyl (C=O) groups is 2. The molecule has 3 rings (SSSR count). The molecule has 0 saturated heterocycles. The molecule has 0 aliphatic carbocycles. The molecule has 1 aromatic heterocycles. The highest BCUT2D eigenvalue weighted by Gasteiger charge is 2.30. The lowest BCUT2D eigenvalue weighted by atomic mass is 9.99. The second-order valence-electron chi connectivity index (χ2n) is 15.1. The third-order valence-corrected chi connectivity index (χ3v) is 10.2. The summed E-state index contributed by atoms with van der Waals surface area (Å²) >= 11 is 0. The van der Waals surface area contributed by atoms with Crippen molar-refractivity contribution in [3.05, 3.63) is 71.0 Å². The van der Waals surface area contributed by atoms with Gasteiger partial charge >= 0.3 is 0 Å². The molecule has 0 saturated carbocycles. The molecule has 0 spiro atoms. The first-order valence-electron chi connectivity index (χ1n) is 20.6. The largest absolute Gasteiger partial charge is 0.396 e. The van der Waals surface area contributed by atoms with Crippen LogP contribution in [0.3, 0.4) is 0 Å². The Morgan fingerprint density at radius 2 is 1.26 bits per heavy atom. The standard InChI is InChI=1S/C42H65N9O10/c1-26-39(43)49-40(44)36(48-26)41(61)50-42(45)47-20-3-2-6-27-7-12-29(13-8-27)30-14-9-28(10-15-30)11-16-35(58)46-19-4-5-21-51(24-33(56)37(59)31(54)17-22-52)25-34(57)38(60)32(55)18-23-53/h7-10,12-15,31-34,37-38,52-57,59-60H,2-6,11,16-25H2,1H3,(H,46,58)(H4,43,44,49)(H3,45,47,50,61)/t31?,32?,33?,34?,37-,38?/m0/s1. The van der Waals surface area contributed by atoms with Gasteiger partial charge in [-0.3, -0.25) is 24.8 Å². The number of aliphatic imine (C=N–C) groups is 1. The maximum absolute atomic E-state index is 12.6. The maximum atomic E-state index is 12.6. The van der Waals surface area contributed by atoms with Crippen LogP contribution in [0.25, 0.3) is 11.1 Å². The first kappa shape index (κ1) is 50.5. The van der Waals surface area contributed by atoms with Gasteiger partial charge in [-0.1, -0.05) is 48.5 Å². The van der Waals surface area contributed by atoms with E-state index in [2.05, 4.69) is 49.9 Å². The van der Waals surface area contributed by atoms with E-state index in [-0.39, 0.29) is 68.3 Å². The molecule has 0 fully saturated rings. The summed E-state index contributed by atoms with van der Waals surface area (Å²) in [5, 5.41) is 85.0. The van der Waals surface area contributed by atoms with Crippen LogP contribution in [-0.4, -0.2) is 156 Å². The molecule has 0 aliphatic heterocycles. The molecule has 19 nitrogen and oxygen atoms in total. The van der Waals surface area contributed by atoms with Crippen molar-refractivity contribution in [2.45, 2.75) is 101 Å². The Morgan fingerprint density at radius 3 is 1.80 bits per heavy atom. The number of aliphatic hydroxyl groups is 8. The van der Waals surface area contributed by atoms with Crippen molar-refractivity contribution in [3.8, 4) is 11.1 Å². The number of anilines is 2. The molecule has 0 aliphatic rings. The SMILES string of the molecule is Cc1nc(C(=O)NC(N)=NCCCCc2ccc(-c3ccc(CCC(=O)NCCCCN(CC(O)C(O)C(O)CCO)CC(O)[C@@H](O)C(O)CCO)cc3)cc2)c(N)nc1N. The fraction of sp³-hybridized carbons (Fsp3) is 0.548. The molecule has 5 unspecified atom stereocenters. The zero-order valence-electron chi connectivity index (χ0n) is 34.8. The highest BCUT2D eigenvalue weighted by atomic mass is 16.4. The molecule has 0 bridgehead atoms. The summed E-state index contributed by atoms with van der Waals surface area (Å²) in [4.78, 5) is 38.8. The molecular weight excluding hydrogens is 791 g/mol. The molecule has 3 aromatic rings. The number of aliphatic hydroxyl groups excluding tert-OH is 8. The second-order valence-corrected chi connectivity index (χ2v) is 15.1. The van der Waals surface area contributed by atoms with Crippen molar-refractivity contribution in [1.29, 1.82) is 0 Å². The number of aryl methyl sites for hydroxylation is 3. The Labute approximate surface area is 356 Å². The van der Waals surface area contributed by atoms with Crippen LogP contribution in [0.15, 0.2) is 53.5 Å². The molecule has 0 radical (unpaired) electrons.